The van der Waals surface area contributed by atoms with Crippen molar-refractivity contribution in [2.24, 2.45) is 5.73 Å². The van der Waals surface area contributed by atoms with E-state index in [0.29, 0.717) is 4.99 Å². The van der Waals surface area contributed by atoms with Crippen LogP contribution < -0.4 is 5.73 Å². The molecular weight excluding hydrogens is 260 g/mol. The van der Waals surface area contributed by atoms with E-state index < -0.39 is 0 Å². The maximum atomic E-state index is 5.70. The zero-order chi connectivity index (χ0) is 13.8. The van der Waals surface area contributed by atoms with Crippen LogP contribution in [0.4, 0.5) is 0 Å². The first-order valence-electron chi connectivity index (χ1n) is 6.74. The molecule has 0 amide bonds. The van der Waals surface area contributed by atoms with Crippen molar-refractivity contribution in [1.82, 2.24) is 24.6 Å². The Labute approximate surface area is 119 Å². The van der Waals surface area contributed by atoms with Crippen LogP contribution >= 0.6 is 12.2 Å². The maximum Gasteiger partial charge on any atom is 0.140 e. The lowest BCUT2D eigenvalue weighted by Gasteiger charge is -2.37. The summed E-state index contributed by atoms with van der Waals surface area (Å²) in [5.41, 5.74) is 5.70. The molecule has 1 aliphatic rings. The van der Waals surface area contributed by atoms with Gasteiger partial charge in [-0.1, -0.05) is 12.2 Å². The molecule has 19 heavy (non-hydrogen) atoms. The monoisotopic (exact) mass is 282 g/mol. The van der Waals surface area contributed by atoms with Crippen LogP contribution in [0.1, 0.15) is 19.7 Å². The molecule has 0 bridgehead atoms. The molecule has 1 atom stereocenters. The number of aryl methyl sites for hydroxylation is 1. The molecule has 1 saturated heterocycles. The zero-order valence-electron chi connectivity index (χ0n) is 11.6. The molecule has 0 aromatic carbocycles. The fraction of sp³-hybridized carbons (Fsp3) is 0.750. The highest BCUT2D eigenvalue weighted by molar-refractivity contribution is 7.80. The number of aromatic nitrogens is 3. The topological polar surface area (TPSA) is 63.2 Å². The number of hydrogen-bond donors (Lipinski definition) is 1. The number of thiocarbonyl (C=S) groups is 1. The molecule has 1 aromatic rings. The van der Waals surface area contributed by atoms with Crippen molar-refractivity contribution in [3.63, 3.8) is 0 Å². The fourth-order valence-electron chi connectivity index (χ4n) is 2.36. The van der Waals surface area contributed by atoms with Gasteiger partial charge < -0.3 is 5.73 Å². The lowest BCUT2D eigenvalue weighted by Crippen LogP contribution is -2.52. The van der Waals surface area contributed by atoms with Gasteiger partial charge in [-0.15, -0.1) is 0 Å². The van der Waals surface area contributed by atoms with Crippen LogP contribution in [-0.2, 0) is 13.1 Å². The molecular formula is C12H22N6S. The highest BCUT2D eigenvalue weighted by Gasteiger charge is 2.23. The van der Waals surface area contributed by atoms with Gasteiger partial charge in [0, 0.05) is 32.7 Å². The SMILES string of the molecule is CCn1ncnc1CN1CCN(C(C)C(N)=S)CC1. The van der Waals surface area contributed by atoms with Crippen molar-refractivity contribution in [2.75, 3.05) is 26.2 Å². The summed E-state index contributed by atoms with van der Waals surface area (Å²) in [4.78, 5) is 9.64. The summed E-state index contributed by atoms with van der Waals surface area (Å²) in [5, 5.41) is 4.20. The van der Waals surface area contributed by atoms with E-state index in [0.717, 1.165) is 45.1 Å². The van der Waals surface area contributed by atoms with Gasteiger partial charge in [-0.3, -0.25) is 9.80 Å². The van der Waals surface area contributed by atoms with Crippen LogP contribution in [0.5, 0.6) is 0 Å². The van der Waals surface area contributed by atoms with Crippen LogP contribution in [0, 0.1) is 0 Å². The van der Waals surface area contributed by atoms with E-state index in [1.807, 2.05) is 4.68 Å². The van der Waals surface area contributed by atoms with Crippen molar-refractivity contribution < 1.29 is 0 Å². The second kappa shape index (κ2) is 6.40. The Morgan fingerprint density at radius 1 is 1.42 bits per heavy atom. The first-order chi connectivity index (χ1) is 9.11. The molecule has 0 saturated carbocycles. The summed E-state index contributed by atoms with van der Waals surface area (Å²) in [5.74, 6) is 1.04. The quantitative estimate of drug-likeness (QED) is 0.772. The van der Waals surface area contributed by atoms with Crippen LogP contribution in [0.3, 0.4) is 0 Å². The number of hydrogen-bond acceptors (Lipinski definition) is 5. The molecule has 2 rings (SSSR count). The molecule has 1 fully saturated rings. The van der Waals surface area contributed by atoms with Crippen molar-refractivity contribution in [2.45, 2.75) is 33.0 Å². The molecule has 0 spiro atoms. The van der Waals surface area contributed by atoms with Gasteiger partial charge in [0.15, 0.2) is 0 Å². The molecule has 106 valence electrons. The highest BCUT2D eigenvalue weighted by Crippen LogP contribution is 2.09. The van der Waals surface area contributed by atoms with E-state index in [9.17, 15) is 0 Å². The summed E-state index contributed by atoms with van der Waals surface area (Å²) in [6.07, 6.45) is 1.63. The summed E-state index contributed by atoms with van der Waals surface area (Å²) >= 11 is 5.06. The van der Waals surface area contributed by atoms with Gasteiger partial charge in [0.25, 0.3) is 0 Å². The smallest absolute Gasteiger partial charge is 0.140 e. The third kappa shape index (κ3) is 3.49. The average molecular weight is 282 g/mol. The van der Waals surface area contributed by atoms with E-state index in [-0.39, 0.29) is 6.04 Å². The Morgan fingerprint density at radius 3 is 2.68 bits per heavy atom. The molecule has 0 aliphatic carbocycles. The van der Waals surface area contributed by atoms with E-state index in [4.69, 9.17) is 18.0 Å². The Hall–Kier alpha value is -1.05. The Balaban J connectivity index is 1.85. The molecule has 0 radical (unpaired) electrons. The lowest BCUT2D eigenvalue weighted by atomic mass is 10.2. The molecule has 6 nitrogen and oxygen atoms in total. The van der Waals surface area contributed by atoms with Crippen molar-refractivity contribution >= 4 is 17.2 Å². The van der Waals surface area contributed by atoms with Gasteiger partial charge >= 0.3 is 0 Å². The predicted octanol–water partition coefficient (Wildman–Crippen LogP) is 0.0902. The van der Waals surface area contributed by atoms with Gasteiger partial charge in [-0.25, -0.2) is 9.67 Å². The maximum absolute atomic E-state index is 5.70. The number of rotatable bonds is 5. The Bertz CT molecular complexity index is 424. The van der Waals surface area contributed by atoms with Crippen LogP contribution in [0.15, 0.2) is 6.33 Å². The van der Waals surface area contributed by atoms with Gasteiger partial charge in [0.2, 0.25) is 0 Å². The molecule has 1 unspecified atom stereocenters. The third-order valence-corrected chi connectivity index (χ3v) is 4.07. The van der Waals surface area contributed by atoms with Crippen LogP contribution in [-0.4, -0.2) is 61.8 Å². The van der Waals surface area contributed by atoms with Crippen LogP contribution in [0.25, 0.3) is 0 Å². The van der Waals surface area contributed by atoms with E-state index in [2.05, 4.69) is 33.7 Å². The molecule has 2 N–H and O–H groups in total. The van der Waals surface area contributed by atoms with Gasteiger partial charge in [0.1, 0.15) is 12.2 Å². The lowest BCUT2D eigenvalue weighted by molar-refractivity contribution is 0.114. The zero-order valence-corrected chi connectivity index (χ0v) is 12.4. The summed E-state index contributed by atoms with van der Waals surface area (Å²) in [6, 6.07) is 0.191. The van der Waals surface area contributed by atoms with Crippen molar-refractivity contribution in [3.05, 3.63) is 12.2 Å². The number of nitrogens with two attached hydrogens (primary N) is 1. The minimum absolute atomic E-state index is 0.191. The van der Waals surface area contributed by atoms with Gasteiger partial charge in [-0.05, 0) is 13.8 Å². The third-order valence-electron chi connectivity index (χ3n) is 3.73. The fourth-order valence-corrected chi connectivity index (χ4v) is 2.51. The number of nitrogens with zero attached hydrogens (tertiary/aromatic N) is 5. The Morgan fingerprint density at radius 2 is 2.11 bits per heavy atom. The number of piperazine rings is 1. The largest absolute Gasteiger partial charge is 0.392 e. The first-order valence-corrected chi connectivity index (χ1v) is 7.15. The van der Waals surface area contributed by atoms with Gasteiger partial charge in [-0.2, -0.15) is 5.10 Å². The molecule has 2 heterocycles. The van der Waals surface area contributed by atoms with Gasteiger partial charge in [0.05, 0.1) is 17.6 Å². The Kier molecular flexibility index (Phi) is 4.84. The minimum atomic E-state index is 0.191. The van der Waals surface area contributed by atoms with E-state index in [1.165, 1.54) is 0 Å². The molecule has 1 aliphatic heterocycles. The highest BCUT2D eigenvalue weighted by atomic mass is 32.1. The summed E-state index contributed by atoms with van der Waals surface area (Å²) in [6.45, 7) is 9.92. The minimum Gasteiger partial charge on any atom is -0.392 e. The van der Waals surface area contributed by atoms with Crippen molar-refractivity contribution in [1.29, 1.82) is 0 Å². The second-order valence-electron chi connectivity index (χ2n) is 4.88. The average Bonchev–Trinajstić information content (AvgIpc) is 2.86. The first kappa shape index (κ1) is 14.4. The predicted molar refractivity (Wildman–Crippen MR) is 78.8 cm³/mol. The van der Waals surface area contributed by atoms with Crippen molar-refractivity contribution in [3.8, 4) is 0 Å². The van der Waals surface area contributed by atoms with E-state index in [1.54, 1.807) is 6.33 Å². The van der Waals surface area contributed by atoms with Crippen LogP contribution in [0.2, 0.25) is 0 Å². The molecule has 1 aromatic heterocycles. The van der Waals surface area contributed by atoms with E-state index >= 15 is 0 Å². The second-order valence-corrected chi connectivity index (χ2v) is 5.35. The normalized spacial score (nSPS) is 19.5. The molecule has 7 heteroatoms. The summed E-state index contributed by atoms with van der Waals surface area (Å²) in [7, 11) is 0. The standard InChI is InChI=1S/C12H22N6S/c1-3-18-11(14-9-15-18)8-16-4-6-17(7-5-16)10(2)12(13)19/h9-10H,3-8H2,1-2H3,(H2,13,19). The summed E-state index contributed by atoms with van der Waals surface area (Å²) < 4.78 is 1.95.